The first-order valence-corrected chi connectivity index (χ1v) is 15.9. The van der Waals surface area contributed by atoms with E-state index in [1.54, 1.807) is 24.5 Å². The van der Waals surface area contributed by atoms with Crippen LogP contribution >= 0.6 is 0 Å². The van der Waals surface area contributed by atoms with Crippen molar-refractivity contribution < 1.29 is 13.2 Å². The van der Waals surface area contributed by atoms with Gasteiger partial charge in [0.15, 0.2) is 0 Å². The zero-order valence-electron chi connectivity index (χ0n) is 22.9. The Balaban J connectivity index is 1.26. The first-order valence-electron chi connectivity index (χ1n) is 14.4. The van der Waals surface area contributed by atoms with Gasteiger partial charge >= 0.3 is 6.03 Å². The molecule has 9 heteroatoms. The van der Waals surface area contributed by atoms with Crippen LogP contribution in [0.25, 0.3) is 0 Å². The number of pyridine rings is 1. The van der Waals surface area contributed by atoms with Crippen LogP contribution in [-0.4, -0.2) is 26.0 Å². The Morgan fingerprint density at radius 1 is 0.875 bits per heavy atom. The van der Waals surface area contributed by atoms with Gasteiger partial charge in [0, 0.05) is 42.5 Å². The van der Waals surface area contributed by atoms with Crippen LogP contribution < -0.4 is 20.7 Å². The van der Waals surface area contributed by atoms with E-state index in [4.69, 9.17) is 0 Å². The molecule has 212 valence electrons. The number of carbonyl (C=O) groups excluding carboxylic acids is 1. The third-order valence-electron chi connectivity index (χ3n) is 8.17. The molecule has 0 bridgehead atoms. The van der Waals surface area contributed by atoms with Crippen LogP contribution in [0.2, 0.25) is 0 Å². The van der Waals surface area contributed by atoms with E-state index in [2.05, 4.69) is 25.7 Å². The van der Waals surface area contributed by atoms with Gasteiger partial charge in [0.25, 0.3) is 10.0 Å². The Hall–Kier alpha value is -3.59. The van der Waals surface area contributed by atoms with Crippen LogP contribution in [0.3, 0.4) is 0 Å². The standard InChI is InChI=1S/C31H39N5O3S/c37-30(34-23-24-9-8-19-32-22-24)35-25-10-13-27(14-11-25)40(38,39)36-26-12-15-29-28(21-26)31(18-20-33-29)16-6-4-2-1-3-5-7-17-31/h8-15,19,21-22,33,36H,1-7,16-18,20,23H2,(H2,34,35,37). The Bertz CT molecular complexity index is 1380. The van der Waals surface area contributed by atoms with Crippen LogP contribution in [0.1, 0.15) is 75.3 Å². The number of amides is 2. The summed E-state index contributed by atoms with van der Waals surface area (Å²) < 4.78 is 29.4. The first-order chi connectivity index (χ1) is 19.4. The molecule has 2 amide bonds. The van der Waals surface area contributed by atoms with Crippen molar-refractivity contribution in [3.05, 3.63) is 78.1 Å². The SMILES string of the molecule is O=C(NCc1cccnc1)Nc1ccc(S(=O)(=O)Nc2ccc3c(c2)C2(CCCCCCCCC2)CCN3)cc1. The van der Waals surface area contributed by atoms with Crippen molar-refractivity contribution in [3.8, 4) is 0 Å². The Labute approximate surface area is 237 Å². The van der Waals surface area contributed by atoms with E-state index in [0.717, 1.165) is 37.1 Å². The highest BCUT2D eigenvalue weighted by molar-refractivity contribution is 7.92. The number of benzene rings is 2. The van der Waals surface area contributed by atoms with Crippen molar-refractivity contribution in [2.24, 2.45) is 0 Å². The summed E-state index contributed by atoms with van der Waals surface area (Å²) in [5.74, 6) is 0. The summed E-state index contributed by atoms with van der Waals surface area (Å²) in [6.45, 7) is 1.30. The largest absolute Gasteiger partial charge is 0.385 e. The number of nitrogens with one attached hydrogen (secondary N) is 4. The second-order valence-corrected chi connectivity index (χ2v) is 12.7. The average Bonchev–Trinajstić information content (AvgIpc) is 2.96. The maximum atomic E-state index is 13.3. The molecule has 1 aliphatic heterocycles. The third kappa shape index (κ3) is 6.94. The number of rotatable bonds is 6. The number of urea groups is 1. The van der Waals surface area contributed by atoms with Gasteiger partial charge in [-0.2, -0.15) is 0 Å². The first kappa shape index (κ1) is 28.0. The van der Waals surface area contributed by atoms with Crippen LogP contribution in [0.5, 0.6) is 0 Å². The molecule has 2 aromatic carbocycles. The zero-order chi connectivity index (χ0) is 27.8. The topological polar surface area (TPSA) is 112 Å². The fraction of sp³-hybridized carbons (Fsp3) is 0.419. The molecule has 1 spiro atoms. The van der Waals surface area contributed by atoms with Gasteiger partial charge in [0.1, 0.15) is 0 Å². The van der Waals surface area contributed by atoms with E-state index in [1.807, 2.05) is 30.3 Å². The number of aromatic nitrogens is 1. The zero-order valence-corrected chi connectivity index (χ0v) is 23.7. The number of carbonyl (C=O) groups is 1. The van der Waals surface area contributed by atoms with Crippen LogP contribution in [0.4, 0.5) is 21.9 Å². The molecule has 8 nitrogen and oxygen atoms in total. The summed E-state index contributed by atoms with van der Waals surface area (Å²) in [6, 6.07) is 15.4. The highest BCUT2D eigenvalue weighted by Gasteiger charge is 2.36. The molecule has 1 aromatic heterocycles. The maximum Gasteiger partial charge on any atom is 0.319 e. The number of sulfonamides is 1. The van der Waals surface area contributed by atoms with E-state index >= 15 is 0 Å². The van der Waals surface area contributed by atoms with Crippen molar-refractivity contribution in [3.63, 3.8) is 0 Å². The number of nitrogens with zero attached hydrogens (tertiary/aromatic N) is 1. The molecule has 1 fully saturated rings. The summed E-state index contributed by atoms with van der Waals surface area (Å²) in [7, 11) is -3.80. The maximum absolute atomic E-state index is 13.3. The van der Waals surface area contributed by atoms with Crippen molar-refractivity contribution >= 4 is 33.1 Å². The fourth-order valence-electron chi connectivity index (χ4n) is 6.02. The average molecular weight is 562 g/mol. The van der Waals surface area contributed by atoms with E-state index in [9.17, 15) is 13.2 Å². The number of anilines is 3. The van der Waals surface area contributed by atoms with E-state index in [1.165, 1.54) is 62.6 Å². The summed E-state index contributed by atoms with van der Waals surface area (Å²) >= 11 is 0. The molecule has 0 unspecified atom stereocenters. The van der Waals surface area contributed by atoms with Gasteiger partial charge in [-0.3, -0.25) is 9.71 Å². The number of fused-ring (bicyclic) bond motifs is 2. The van der Waals surface area contributed by atoms with Crippen molar-refractivity contribution in [1.29, 1.82) is 0 Å². The lowest BCUT2D eigenvalue weighted by atomic mass is 9.67. The molecule has 2 aliphatic rings. The van der Waals surface area contributed by atoms with E-state index in [-0.39, 0.29) is 16.3 Å². The molecule has 1 saturated carbocycles. The molecular formula is C31H39N5O3S. The van der Waals surface area contributed by atoms with Crippen LogP contribution in [0, 0.1) is 0 Å². The predicted molar refractivity (Wildman–Crippen MR) is 160 cm³/mol. The third-order valence-corrected chi connectivity index (χ3v) is 9.57. The van der Waals surface area contributed by atoms with Gasteiger partial charge in [-0.05, 0) is 84.3 Å². The molecule has 5 rings (SSSR count). The summed E-state index contributed by atoms with van der Waals surface area (Å²) in [6.07, 6.45) is 15.7. The minimum absolute atomic E-state index is 0.101. The minimum atomic E-state index is -3.80. The molecule has 0 radical (unpaired) electrons. The van der Waals surface area contributed by atoms with Crippen molar-refractivity contribution in [2.45, 2.75) is 81.1 Å². The van der Waals surface area contributed by atoms with Gasteiger partial charge in [0.2, 0.25) is 0 Å². The van der Waals surface area contributed by atoms with Crippen molar-refractivity contribution in [2.75, 3.05) is 21.9 Å². The van der Waals surface area contributed by atoms with Gasteiger partial charge in [-0.25, -0.2) is 13.2 Å². The van der Waals surface area contributed by atoms with Gasteiger partial charge in [-0.1, -0.05) is 51.0 Å². The molecule has 1 aliphatic carbocycles. The monoisotopic (exact) mass is 561 g/mol. The summed E-state index contributed by atoms with van der Waals surface area (Å²) in [5.41, 5.74) is 4.44. The molecule has 4 N–H and O–H groups in total. The summed E-state index contributed by atoms with van der Waals surface area (Å²) in [5, 5.41) is 9.04. The van der Waals surface area contributed by atoms with Crippen LogP contribution in [-0.2, 0) is 22.0 Å². The second kappa shape index (κ2) is 12.7. The lowest BCUT2D eigenvalue weighted by molar-refractivity contribution is 0.251. The second-order valence-electron chi connectivity index (χ2n) is 11.0. The highest BCUT2D eigenvalue weighted by Crippen LogP contribution is 2.46. The molecular weight excluding hydrogens is 522 g/mol. The van der Waals surface area contributed by atoms with Gasteiger partial charge in [0.05, 0.1) is 4.90 Å². The Morgan fingerprint density at radius 3 is 2.27 bits per heavy atom. The van der Waals surface area contributed by atoms with Crippen molar-refractivity contribution in [1.82, 2.24) is 10.3 Å². The Kier molecular flexibility index (Phi) is 8.89. The summed E-state index contributed by atoms with van der Waals surface area (Å²) in [4.78, 5) is 16.4. The number of hydrogen-bond donors (Lipinski definition) is 4. The minimum Gasteiger partial charge on any atom is -0.385 e. The molecule has 0 atom stereocenters. The molecule has 40 heavy (non-hydrogen) atoms. The smallest absolute Gasteiger partial charge is 0.319 e. The van der Waals surface area contributed by atoms with Gasteiger partial charge in [-0.15, -0.1) is 0 Å². The Morgan fingerprint density at radius 2 is 1.57 bits per heavy atom. The molecule has 3 aromatic rings. The van der Waals surface area contributed by atoms with Crippen LogP contribution in [0.15, 0.2) is 71.9 Å². The van der Waals surface area contributed by atoms with E-state index < -0.39 is 10.0 Å². The van der Waals surface area contributed by atoms with Gasteiger partial charge < -0.3 is 16.0 Å². The number of hydrogen-bond acceptors (Lipinski definition) is 5. The molecule has 0 saturated heterocycles. The quantitative estimate of drug-likeness (QED) is 0.265. The predicted octanol–water partition coefficient (Wildman–Crippen LogP) is 6.78. The normalized spacial score (nSPS) is 17.2. The molecule has 2 heterocycles. The van der Waals surface area contributed by atoms with E-state index in [0.29, 0.717) is 17.9 Å². The highest BCUT2D eigenvalue weighted by atomic mass is 32.2. The fourth-order valence-corrected chi connectivity index (χ4v) is 7.07. The lowest BCUT2D eigenvalue weighted by Gasteiger charge is -2.41. The lowest BCUT2D eigenvalue weighted by Crippen LogP contribution is -2.34.